The van der Waals surface area contributed by atoms with Crippen LogP contribution < -0.4 is 5.32 Å². The van der Waals surface area contributed by atoms with Crippen LogP contribution in [0, 0.1) is 12.7 Å². The molecule has 0 aliphatic heterocycles. The van der Waals surface area contributed by atoms with E-state index < -0.39 is 0 Å². The monoisotopic (exact) mass is 812 g/mol. The van der Waals surface area contributed by atoms with Gasteiger partial charge in [0, 0.05) is 12.2 Å². The number of hydrogen-bond acceptors (Lipinski definition) is 3. The highest BCUT2D eigenvalue weighted by atomic mass is 19.1. The van der Waals surface area contributed by atoms with Gasteiger partial charge in [0.2, 0.25) is 0 Å². The highest BCUT2D eigenvalue weighted by Gasteiger charge is 2.10. The second-order valence-electron chi connectivity index (χ2n) is 18.4. The predicted octanol–water partition coefficient (Wildman–Crippen LogP) is 17.1. The van der Waals surface area contributed by atoms with Gasteiger partial charge in [-0.1, -0.05) is 213 Å². The molecule has 0 radical (unpaired) electrons. The summed E-state index contributed by atoms with van der Waals surface area (Å²) in [7, 11) is 0. The topological polar surface area (TPSA) is 18.5 Å². The summed E-state index contributed by atoms with van der Waals surface area (Å²) in [5.41, 5.74) is 3.26. The van der Waals surface area contributed by atoms with E-state index in [-0.39, 0.29) is 5.82 Å². The van der Waals surface area contributed by atoms with Crippen molar-refractivity contribution in [2.75, 3.05) is 39.3 Å². The largest absolute Gasteiger partial charge is 0.385 e. The Hall–Kier alpha value is -1.39. The number of nitrogens with zero attached hydrogens (tertiary/aromatic N) is 2. The molecule has 1 N–H and O–H groups in total. The lowest BCUT2D eigenvalue weighted by Crippen LogP contribution is -2.32. The zero-order valence-electron chi connectivity index (χ0n) is 39.9. The fourth-order valence-electron chi connectivity index (χ4n) is 8.67. The van der Waals surface area contributed by atoms with Crippen LogP contribution in [0.25, 0.3) is 0 Å². The van der Waals surface area contributed by atoms with Crippen LogP contribution in [-0.4, -0.2) is 49.1 Å². The second-order valence-corrected chi connectivity index (χ2v) is 18.4. The summed E-state index contributed by atoms with van der Waals surface area (Å²) >= 11 is 0. The highest BCUT2D eigenvalue weighted by molar-refractivity contribution is 5.26. The van der Waals surface area contributed by atoms with E-state index in [1.165, 1.54) is 258 Å². The van der Waals surface area contributed by atoms with Gasteiger partial charge in [-0.05, 0) is 114 Å². The molecule has 0 atom stereocenters. The van der Waals surface area contributed by atoms with Gasteiger partial charge in [-0.2, -0.15) is 0 Å². The molecule has 3 nitrogen and oxygen atoms in total. The Kier molecular flexibility index (Phi) is 39.8. The average molecular weight is 812 g/mol. The normalized spacial score (nSPS) is 11.7. The molecule has 1 aromatic carbocycles. The van der Waals surface area contributed by atoms with Crippen LogP contribution in [0.1, 0.15) is 257 Å². The summed E-state index contributed by atoms with van der Waals surface area (Å²) in [4.78, 5) is 5.69. The minimum absolute atomic E-state index is 0.159. The number of benzene rings is 1. The second kappa shape index (κ2) is 42.3. The van der Waals surface area contributed by atoms with Gasteiger partial charge in [0.1, 0.15) is 5.82 Å². The van der Waals surface area contributed by atoms with E-state index in [4.69, 9.17) is 0 Å². The lowest BCUT2D eigenvalue weighted by Gasteiger charge is -2.26. The maximum absolute atomic E-state index is 13.5. The first-order valence-corrected chi connectivity index (χ1v) is 26.1. The molecule has 58 heavy (non-hydrogen) atoms. The van der Waals surface area contributed by atoms with Crippen LogP contribution >= 0.6 is 0 Å². The van der Waals surface area contributed by atoms with Gasteiger partial charge in [-0.25, -0.2) is 4.39 Å². The molecule has 0 spiro atoms. The van der Waals surface area contributed by atoms with Gasteiger partial charge in [0.25, 0.3) is 0 Å². The van der Waals surface area contributed by atoms with Crippen molar-refractivity contribution in [2.45, 2.75) is 259 Å². The first kappa shape index (κ1) is 54.6. The number of rotatable bonds is 46. The quantitative estimate of drug-likeness (QED) is 0.0662. The first-order chi connectivity index (χ1) is 28.5. The van der Waals surface area contributed by atoms with E-state index in [0.717, 1.165) is 29.8 Å². The Labute approximate surface area is 363 Å². The third kappa shape index (κ3) is 35.4. The van der Waals surface area contributed by atoms with Crippen LogP contribution in [0.4, 0.5) is 4.39 Å². The number of allylic oxidation sites excluding steroid dienone is 1. The van der Waals surface area contributed by atoms with E-state index in [9.17, 15) is 4.39 Å². The molecule has 0 amide bonds. The fourth-order valence-corrected chi connectivity index (χ4v) is 8.67. The number of hydrogen-bond donors (Lipinski definition) is 1. The minimum atomic E-state index is -0.159. The van der Waals surface area contributed by atoms with Crippen LogP contribution in [0.15, 0.2) is 30.5 Å². The van der Waals surface area contributed by atoms with Gasteiger partial charge >= 0.3 is 0 Å². The molecule has 1 aromatic rings. The van der Waals surface area contributed by atoms with Crippen LogP contribution in [0.3, 0.4) is 0 Å². The van der Waals surface area contributed by atoms with Gasteiger partial charge < -0.3 is 15.1 Å². The van der Waals surface area contributed by atoms with Crippen LogP contribution in [-0.2, 0) is 6.54 Å². The summed E-state index contributed by atoms with van der Waals surface area (Å²) in [5.74, 6) is -0.159. The van der Waals surface area contributed by atoms with Crippen molar-refractivity contribution in [3.05, 3.63) is 47.4 Å². The molecule has 0 fully saturated rings. The molecule has 1 rings (SSSR count). The lowest BCUT2D eigenvalue weighted by molar-refractivity contribution is 0.215. The van der Waals surface area contributed by atoms with Crippen molar-refractivity contribution in [1.82, 2.24) is 15.1 Å². The summed E-state index contributed by atoms with van der Waals surface area (Å²) in [6, 6.07) is 5.07. The molecule has 0 aromatic heterocycles. The van der Waals surface area contributed by atoms with Gasteiger partial charge in [-0.15, -0.1) is 0 Å². The Morgan fingerprint density at radius 3 is 1.10 bits per heavy atom. The fraction of sp³-hybridized carbons (Fsp3) is 0.852. The predicted molar refractivity (Wildman–Crippen MR) is 259 cm³/mol. The van der Waals surface area contributed by atoms with E-state index >= 15 is 0 Å². The summed E-state index contributed by atoms with van der Waals surface area (Å²) in [6.07, 6.45) is 48.7. The van der Waals surface area contributed by atoms with E-state index in [0.29, 0.717) is 0 Å². The average Bonchev–Trinajstić information content (AvgIpc) is 3.21. The van der Waals surface area contributed by atoms with Crippen LogP contribution in [0.2, 0.25) is 0 Å². The molecule has 0 unspecified atom stereocenters. The van der Waals surface area contributed by atoms with Crippen molar-refractivity contribution in [2.24, 2.45) is 0 Å². The van der Waals surface area contributed by atoms with Crippen molar-refractivity contribution in [3.63, 3.8) is 0 Å². The molecule has 340 valence electrons. The number of halogens is 1. The third-order valence-corrected chi connectivity index (χ3v) is 12.7. The highest BCUT2D eigenvalue weighted by Crippen LogP contribution is 2.16. The maximum atomic E-state index is 13.5. The standard InChI is InChI=1S/C54H102FN3/c1-6-9-12-15-18-21-24-27-30-35-43-57(44-36-31-28-25-22-19-16-13-10-7-2)47-39-48-58(45-37-32-29-26-23-20-17-14-11-8-3)46-38-33-34-40-52(5)56-50-53-41-42-54(55)49-51(53)4/h41-42,49,56H,5-40,43-48,50H2,1-4H3. The summed E-state index contributed by atoms with van der Waals surface area (Å²) in [6.45, 7) is 21.6. The minimum Gasteiger partial charge on any atom is -0.385 e. The smallest absolute Gasteiger partial charge is 0.123 e. The van der Waals surface area contributed by atoms with Crippen molar-refractivity contribution < 1.29 is 4.39 Å². The van der Waals surface area contributed by atoms with Crippen molar-refractivity contribution in [3.8, 4) is 0 Å². The Balaban J connectivity index is 2.53. The molecule has 0 aliphatic carbocycles. The Morgan fingerprint density at radius 1 is 0.448 bits per heavy atom. The van der Waals surface area contributed by atoms with Gasteiger partial charge in [0.15, 0.2) is 0 Å². The number of nitrogens with one attached hydrogen (secondary N) is 1. The molecule has 0 saturated heterocycles. The van der Waals surface area contributed by atoms with E-state index in [1.54, 1.807) is 12.1 Å². The molecule has 0 aliphatic rings. The molecule has 0 heterocycles. The number of aryl methyl sites for hydroxylation is 1. The molecular formula is C54H102FN3. The zero-order chi connectivity index (χ0) is 42.0. The summed E-state index contributed by atoms with van der Waals surface area (Å²) in [5, 5.41) is 3.50. The molecular weight excluding hydrogens is 710 g/mol. The van der Waals surface area contributed by atoms with Gasteiger partial charge in [-0.3, -0.25) is 0 Å². The van der Waals surface area contributed by atoms with E-state index in [2.05, 4.69) is 42.5 Å². The first-order valence-electron chi connectivity index (χ1n) is 26.1. The maximum Gasteiger partial charge on any atom is 0.123 e. The molecule has 0 saturated carbocycles. The third-order valence-electron chi connectivity index (χ3n) is 12.7. The van der Waals surface area contributed by atoms with Crippen LogP contribution in [0.5, 0.6) is 0 Å². The molecule has 4 heteroatoms. The SMILES string of the molecule is C=C(CCCCCN(CCCCCCCCCCCC)CCCN(CCCCCCCCCCCC)CCCCCCCCCCCC)NCc1ccc(F)cc1C. The lowest BCUT2D eigenvalue weighted by atomic mass is 10.1. The van der Waals surface area contributed by atoms with E-state index in [1.807, 2.05) is 13.0 Å². The van der Waals surface area contributed by atoms with Crippen molar-refractivity contribution >= 4 is 0 Å². The molecule has 0 bridgehead atoms. The van der Waals surface area contributed by atoms with Crippen molar-refractivity contribution in [1.29, 1.82) is 0 Å². The Morgan fingerprint density at radius 2 is 0.759 bits per heavy atom. The zero-order valence-corrected chi connectivity index (χ0v) is 39.9. The van der Waals surface area contributed by atoms with Gasteiger partial charge in [0.05, 0.1) is 0 Å². The summed E-state index contributed by atoms with van der Waals surface area (Å²) < 4.78 is 13.5. The Bertz CT molecular complexity index is 986. The number of unbranched alkanes of at least 4 members (excludes halogenated alkanes) is 29.